The summed E-state index contributed by atoms with van der Waals surface area (Å²) >= 11 is 0. The topological polar surface area (TPSA) is 41.6 Å². The number of rotatable bonds is 1. The van der Waals surface area contributed by atoms with Gasteiger partial charge in [-0.2, -0.15) is 0 Å². The predicted octanol–water partition coefficient (Wildman–Crippen LogP) is 2.49. The highest BCUT2D eigenvalue weighted by Gasteiger charge is 2.49. The zero-order valence-electron chi connectivity index (χ0n) is 12.4. The highest BCUT2D eigenvalue weighted by Crippen LogP contribution is 2.44. The first-order valence-electron chi connectivity index (χ1n) is 7.20. The molecular formula is C14H24F2N2O2. The number of carbonyl (C=O) groups is 1. The molecule has 1 N–H and O–H groups in total. The molecule has 2 rings (SSSR count). The van der Waals surface area contributed by atoms with Crippen molar-refractivity contribution >= 4 is 6.09 Å². The molecule has 116 valence electrons. The van der Waals surface area contributed by atoms with E-state index in [9.17, 15) is 13.6 Å². The molecule has 2 aliphatic heterocycles. The van der Waals surface area contributed by atoms with Gasteiger partial charge in [-0.05, 0) is 39.0 Å². The Morgan fingerprint density at radius 3 is 2.45 bits per heavy atom. The second kappa shape index (κ2) is 5.47. The monoisotopic (exact) mass is 290 g/mol. The Morgan fingerprint density at radius 1 is 1.35 bits per heavy atom. The van der Waals surface area contributed by atoms with Crippen LogP contribution < -0.4 is 5.32 Å². The smallest absolute Gasteiger partial charge is 0.410 e. The Bertz CT molecular complexity index is 361. The number of carbonyl (C=O) groups excluding carboxylic acids is 1. The van der Waals surface area contributed by atoms with Crippen molar-refractivity contribution in [3.63, 3.8) is 0 Å². The lowest BCUT2D eigenvalue weighted by Gasteiger charge is -2.42. The van der Waals surface area contributed by atoms with Gasteiger partial charge in [0.25, 0.3) is 0 Å². The molecule has 0 saturated carbocycles. The SMILES string of the molecule is CC(C)(C)OC(=O)N1CCC2(CC1)CNCC2C(F)F. The fraction of sp³-hybridized carbons (Fsp3) is 0.929. The third kappa shape index (κ3) is 3.22. The summed E-state index contributed by atoms with van der Waals surface area (Å²) in [5.41, 5.74) is -0.876. The molecule has 0 aromatic heterocycles. The number of piperidine rings is 1. The highest BCUT2D eigenvalue weighted by molar-refractivity contribution is 5.68. The van der Waals surface area contributed by atoms with Gasteiger partial charge in [0.1, 0.15) is 5.60 Å². The van der Waals surface area contributed by atoms with Crippen LogP contribution in [0.15, 0.2) is 0 Å². The standard InChI is InChI=1S/C14H24F2N2O2/c1-13(2,3)20-12(19)18-6-4-14(5-7-18)9-17-8-10(14)11(15)16/h10-11,17H,4-9H2,1-3H3. The summed E-state index contributed by atoms with van der Waals surface area (Å²) in [5, 5.41) is 3.08. The van der Waals surface area contributed by atoms with Gasteiger partial charge in [0.2, 0.25) is 6.43 Å². The molecule has 1 atom stereocenters. The van der Waals surface area contributed by atoms with E-state index in [1.165, 1.54) is 0 Å². The summed E-state index contributed by atoms with van der Waals surface area (Å²) in [7, 11) is 0. The largest absolute Gasteiger partial charge is 0.444 e. The van der Waals surface area contributed by atoms with Crippen molar-refractivity contribution in [2.24, 2.45) is 11.3 Å². The number of amides is 1. The quantitative estimate of drug-likeness (QED) is 0.806. The van der Waals surface area contributed by atoms with E-state index < -0.39 is 17.9 Å². The maximum Gasteiger partial charge on any atom is 0.410 e. The van der Waals surface area contributed by atoms with E-state index in [-0.39, 0.29) is 11.5 Å². The molecule has 0 bridgehead atoms. The van der Waals surface area contributed by atoms with E-state index in [0.717, 1.165) is 0 Å². The number of nitrogens with one attached hydrogen (secondary N) is 1. The molecule has 20 heavy (non-hydrogen) atoms. The van der Waals surface area contributed by atoms with Gasteiger partial charge in [0.05, 0.1) is 0 Å². The summed E-state index contributed by atoms with van der Waals surface area (Å²) in [6.07, 6.45) is -1.40. The Kier molecular flexibility index (Phi) is 4.23. The normalized spacial score (nSPS) is 26.3. The maximum atomic E-state index is 13.1. The highest BCUT2D eigenvalue weighted by atomic mass is 19.3. The van der Waals surface area contributed by atoms with E-state index in [1.807, 2.05) is 20.8 Å². The molecule has 4 nitrogen and oxygen atoms in total. The fourth-order valence-corrected chi connectivity index (χ4v) is 3.19. The van der Waals surface area contributed by atoms with Gasteiger partial charge in [-0.25, -0.2) is 13.6 Å². The first kappa shape index (κ1) is 15.5. The second-order valence-corrected chi connectivity index (χ2v) is 6.90. The van der Waals surface area contributed by atoms with Crippen LogP contribution in [-0.2, 0) is 4.74 Å². The Morgan fingerprint density at radius 2 is 1.95 bits per heavy atom. The lowest BCUT2D eigenvalue weighted by atomic mass is 9.71. The minimum Gasteiger partial charge on any atom is -0.444 e. The molecule has 2 fully saturated rings. The summed E-state index contributed by atoms with van der Waals surface area (Å²) in [5.74, 6) is -0.594. The Balaban J connectivity index is 1.94. The van der Waals surface area contributed by atoms with E-state index in [1.54, 1.807) is 4.90 Å². The number of halogens is 2. The average molecular weight is 290 g/mol. The number of hydrogen-bond acceptors (Lipinski definition) is 3. The third-order valence-electron chi connectivity index (χ3n) is 4.34. The Labute approximate surface area is 118 Å². The first-order valence-corrected chi connectivity index (χ1v) is 7.20. The summed E-state index contributed by atoms with van der Waals surface area (Å²) < 4.78 is 31.5. The summed E-state index contributed by atoms with van der Waals surface area (Å²) in [6.45, 7) is 7.48. The van der Waals surface area contributed by atoms with E-state index >= 15 is 0 Å². The van der Waals surface area contributed by atoms with Gasteiger partial charge in [-0.15, -0.1) is 0 Å². The fourth-order valence-electron chi connectivity index (χ4n) is 3.19. The summed E-state index contributed by atoms with van der Waals surface area (Å²) in [6, 6.07) is 0. The van der Waals surface area contributed by atoms with Crippen LogP contribution in [0.2, 0.25) is 0 Å². The van der Waals surface area contributed by atoms with Crippen LogP contribution in [0.3, 0.4) is 0 Å². The first-order chi connectivity index (χ1) is 9.23. The third-order valence-corrected chi connectivity index (χ3v) is 4.34. The molecule has 1 unspecified atom stereocenters. The van der Waals surface area contributed by atoms with Crippen LogP contribution in [0.4, 0.5) is 13.6 Å². The summed E-state index contributed by atoms with van der Waals surface area (Å²) in [4.78, 5) is 13.6. The predicted molar refractivity (Wildman–Crippen MR) is 71.8 cm³/mol. The van der Waals surface area contributed by atoms with E-state index in [4.69, 9.17) is 4.74 Å². The minimum absolute atomic E-state index is 0.341. The zero-order valence-corrected chi connectivity index (χ0v) is 12.4. The van der Waals surface area contributed by atoms with Crippen LogP contribution in [0.1, 0.15) is 33.6 Å². The van der Waals surface area contributed by atoms with Gasteiger partial charge < -0.3 is 15.0 Å². The molecule has 2 heterocycles. The molecule has 1 amide bonds. The van der Waals surface area contributed by atoms with Crippen LogP contribution in [-0.4, -0.2) is 49.2 Å². The molecule has 6 heteroatoms. The molecule has 0 aromatic carbocycles. The second-order valence-electron chi connectivity index (χ2n) is 6.90. The van der Waals surface area contributed by atoms with Crippen LogP contribution in [0, 0.1) is 11.3 Å². The van der Waals surface area contributed by atoms with Gasteiger partial charge in [-0.3, -0.25) is 0 Å². The average Bonchev–Trinajstić information content (AvgIpc) is 2.71. The molecule has 2 aliphatic rings. The number of alkyl halides is 2. The van der Waals surface area contributed by atoms with Crippen molar-refractivity contribution in [2.45, 2.75) is 45.6 Å². The van der Waals surface area contributed by atoms with Gasteiger partial charge in [0.15, 0.2) is 0 Å². The van der Waals surface area contributed by atoms with Crippen LogP contribution in [0.5, 0.6) is 0 Å². The molecule has 0 aromatic rings. The van der Waals surface area contributed by atoms with Crippen LogP contribution >= 0.6 is 0 Å². The lowest BCUT2D eigenvalue weighted by molar-refractivity contribution is -0.0222. The van der Waals surface area contributed by atoms with Crippen LogP contribution in [0.25, 0.3) is 0 Å². The van der Waals surface area contributed by atoms with Crippen molar-refractivity contribution in [2.75, 3.05) is 26.2 Å². The van der Waals surface area contributed by atoms with Crippen molar-refractivity contribution in [1.29, 1.82) is 0 Å². The van der Waals surface area contributed by atoms with Crippen molar-refractivity contribution in [1.82, 2.24) is 10.2 Å². The van der Waals surface area contributed by atoms with Crippen molar-refractivity contribution in [3.05, 3.63) is 0 Å². The number of nitrogens with zero attached hydrogens (tertiary/aromatic N) is 1. The minimum atomic E-state index is -2.29. The van der Waals surface area contributed by atoms with Crippen molar-refractivity contribution in [3.8, 4) is 0 Å². The van der Waals surface area contributed by atoms with E-state index in [0.29, 0.717) is 39.0 Å². The zero-order chi connectivity index (χ0) is 15.0. The molecular weight excluding hydrogens is 266 g/mol. The number of ether oxygens (including phenoxy) is 1. The van der Waals surface area contributed by atoms with Gasteiger partial charge in [-0.1, -0.05) is 0 Å². The number of hydrogen-bond donors (Lipinski definition) is 1. The molecule has 0 aliphatic carbocycles. The lowest BCUT2D eigenvalue weighted by Crippen LogP contribution is -2.48. The number of likely N-dealkylation sites (tertiary alicyclic amines) is 1. The van der Waals surface area contributed by atoms with Gasteiger partial charge in [0, 0.05) is 32.1 Å². The van der Waals surface area contributed by atoms with Gasteiger partial charge >= 0.3 is 6.09 Å². The maximum absolute atomic E-state index is 13.1. The van der Waals surface area contributed by atoms with E-state index in [2.05, 4.69) is 5.32 Å². The van der Waals surface area contributed by atoms with Crippen molar-refractivity contribution < 1.29 is 18.3 Å². The Hall–Kier alpha value is -0.910. The molecule has 1 spiro atoms. The molecule has 2 saturated heterocycles. The molecule has 0 radical (unpaired) electrons.